The third-order valence-electron chi connectivity index (χ3n) is 2.90. The molecule has 0 saturated heterocycles. The molecule has 0 fully saturated rings. The molecule has 0 unspecified atom stereocenters. The van der Waals surface area contributed by atoms with E-state index in [1.807, 2.05) is 26.2 Å². The number of nitrogens with zero attached hydrogens (tertiary/aromatic N) is 1. The van der Waals surface area contributed by atoms with Crippen LogP contribution in [0.15, 0.2) is 5.38 Å². The summed E-state index contributed by atoms with van der Waals surface area (Å²) in [6.07, 6.45) is -0.296. The Labute approximate surface area is 118 Å². The third kappa shape index (κ3) is 3.09. The zero-order valence-corrected chi connectivity index (χ0v) is 12.9. The molecule has 106 valence electrons. The smallest absolute Gasteiger partial charge is 0.410 e. The molecule has 0 aliphatic carbocycles. The molecule has 1 aromatic heterocycles. The van der Waals surface area contributed by atoms with Gasteiger partial charge in [0.2, 0.25) is 0 Å². The second-order valence-corrected chi connectivity index (χ2v) is 7.34. The van der Waals surface area contributed by atoms with Crippen LogP contribution in [-0.4, -0.2) is 21.7 Å². The fraction of sp³-hybridized carbons (Fsp3) is 0.643. The Bertz CT molecular complexity index is 494. The van der Waals surface area contributed by atoms with Crippen molar-refractivity contribution < 1.29 is 14.6 Å². The predicted octanol–water partition coefficient (Wildman–Crippen LogP) is 3.23. The molecule has 0 radical (unpaired) electrons. The van der Waals surface area contributed by atoms with Crippen LogP contribution in [0.5, 0.6) is 0 Å². The highest BCUT2D eigenvalue weighted by molar-refractivity contribution is 7.10. The van der Waals surface area contributed by atoms with E-state index in [0.717, 1.165) is 16.0 Å². The van der Waals surface area contributed by atoms with Gasteiger partial charge in [-0.3, -0.25) is 4.90 Å². The lowest BCUT2D eigenvalue weighted by molar-refractivity contribution is 0.0238. The van der Waals surface area contributed by atoms with Crippen LogP contribution in [0.4, 0.5) is 4.79 Å². The summed E-state index contributed by atoms with van der Waals surface area (Å²) in [6.45, 7) is 10.2. The van der Waals surface area contributed by atoms with E-state index < -0.39 is 11.2 Å². The first-order valence-electron chi connectivity index (χ1n) is 6.38. The van der Waals surface area contributed by atoms with Gasteiger partial charge in [0.15, 0.2) is 0 Å². The Morgan fingerprint density at radius 2 is 1.95 bits per heavy atom. The van der Waals surface area contributed by atoms with Crippen LogP contribution in [-0.2, 0) is 23.4 Å². The molecular formula is C14H21NO3S. The SMILES string of the molecule is CC(C)(C)OC(=O)N1Cc2csc(C(C)(C)O)c2C1. The van der Waals surface area contributed by atoms with E-state index in [-0.39, 0.29) is 6.09 Å². The molecule has 0 saturated carbocycles. The molecule has 5 heteroatoms. The van der Waals surface area contributed by atoms with Gasteiger partial charge in [-0.2, -0.15) is 0 Å². The lowest BCUT2D eigenvalue weighted by Crippen LogP contribution is -2.33. The van der Waals surface area contributed by atoms with Gasteiger partial charge in [-0.1, -0.05) is 0 Å². The number of ether oxygens (including phenoxy) is 1. The minimum absolute atomic E-state index is 0.296. The monoisotopic (exact) mass is 283 g/mol. The number of carbonyl (C=O) groups is 1. The average Bonchev–Trinajstić information content (AvgIpc) is 2.68. The number of fused-ring (bicyclic) bond motifs is 1. The molecule has 1 N–H and O–H groups in total. The largest absolute Gasteiger partial charge is 0.444 e. The molecule has 4 nitrogen and oxygen atoms in total. The van der Waals surface area contributed by atoms with Gasteiger partial charge in [0.25, 0.3) is 0 Å². The maximum Gasteiger partial charge on any atom is 0.410 e. The van der Waals surface area contributed by atoms with Crippen molar-refractivity contribution in [1.82, 2.24) is 4.90 Å². The van der Waals surface area contributed by atoms with E-state index in [1.54, 1.807) is 30.1 Å². The van der Waals surface area contributed by atoms with Crippen LogP contribution >= 0.6 is 11.3 Å². The minimum Gasteiger partial charge on any atom is -0.444 e. The Kier molecular flexibility index (Phi) is 3.39. The number of hydrogen-bond donors (Lipinski definition) is 1. The van der Waals surface area contributed by atoms with Gasteiger partial charge in [0, 0.05) is 4.88 Å². The van der Waals surface area contributed by atoms with Gasteiger partial charge < -0.3 is 9.84 Å². The summed E-state index contributed by atoms with van der Waals surface area (Å²) in [5.74, 6) is 0. The Morgan fingerprint density at radius 3 is 2.47 bits per heavy atom. The van der Waals surface area contributed by atoms with Crippen molar-refractivity contribution in [1.29, 1.82) is 0 Å². The lowest BCUT2D eigenvalue weighted by Gasteiger charge is -2.24. The molecule has 0 atom stereocenters. The fourth-order valence-corrected chi connectivity index (χ4v) is 3.25. The van der Waals surface area contributed by atoms with Crippen LogP contribution in [0.1, 0.15) is 50.6 Å². The zero-order chi connectivity index (χ0) is 14.4. The number of rotatable bonds is 1. The molecule has 2 heterocycles. The van der Waals surface area contributed by atoms with Crippen LogP contribution in [0.3, 0.4) is 0 Å². The highest BCUT2D eigenvalue weighted by Gasteiger charge is 2.33. The summed E-state index contributed by atoms with van der Waals surface area (Å²) in [4.78, 5) is 14.6. The topological polar surface area (TPSA) is 49.8 Å². The summed E-state index contributed by atoms with van der Waals surface area (Å²) >= 11 is 1.56. The first-order chi connectivity index (χ1) is 8.58. The number of aliphatic hydroxyl groups is 1. The number of thiophene rings is 1. The lowest BCUT2D eigenvalue weighted by atomic mass is 10.0. The van der Waals surface area contributed by atoms with Crippen molar-refractivity contribution in [3.8, 4) is 0 Å². The van der Waals surface area contributed by atoms with E-state index in [9.17, 15) is 9.90 Å². The van der Waals surface area contributed by atoms with Gasteiger partial charge in [0.1, 0.15) is 5.60 Å². The van der Waals surface area contributed by atoms with Crippen LogP contribution in [0.25, 0.3) is 0 Å². The number of amides is 1. The third-order valence-corrected chi connectivity index (χ3v) is 4.28. The molecule has 0 bridgehead atoms. The van der Waals surface area contributed by atoms with Crippen molar-refractivity contribution in [2.24, 2.45) is 0 Å². The second-order valence-electron chi connectivity index (χ2n) is 6.46. The van der Waals surface area contributed by atoms with Crippen LogP contribution in [0, 0.1) is 0 Å². The quantitative estimate of drug-likeness (QED) is 0.861. The predicted molar refractivity (Wildman–Crippen MR) is 75.0 cm³/mol. The average molecular weight is 283 g/mol. The van der Waals surface area contributed by atoms with Crippen molar-refractivity contribution in [3.05, 3.63) is 21.4 Å². The molecule has 19 heavy (non-hydrogen) atoms. The molecule has 0 aromatic carbocycles. The molecule has 1 aliphatic heterocycles. The number of carbonyl (C=O) groups excluding carboxylic acids is 1. The second kappa shape index (κ2) is 4.49. The van der Waals surface area contributed by atoms with E-state index >= 15 is 0 Å². The first kappa shape index (κ1) is 14.3. The Balaban J connectivity index is 2.13. The molecule has 0 spiro atoms. The highest BCUT2D eigenvalue weighted by Crippen LogP contribution is 2.37. The first-order valence-corrected chi connectivity index (χ1v) is 7.26. The summed E-state index contributed by atoms with van der Waals surface area (Å²) in [7, 11) is 0. The normalized spacial score (nSPS) is 15.6. The highest BCUT2D eigenvalue weighted by atomic mass is 32.1. The van der Waals surface area contributed by atoms with E-state index in [0.29, 0.717) is 13.1 Å². The van der Waals surface area contributed by atoms with E-state index in [1.165, 1.54) is 0 Å². The molecule has 2 rings (SSSR count). The van der Waals surface area contributed by atoms with Gasteiger partial charge in [0.05, 0.1) is 18.7 Å². The maximum atomic E-state index is 12.0. The van der Waals surface area contributed by atoms with Gasteiger partial charge >= 0.3 is 6.09 Å². The standard InChI is InChI=1S/C14H21NO3S/c1-13(2,3)18-12(16)15-6-9-8-19-11(10(9)7-15)14(4,5)17/h8,17H,6-7H2,1-5H3. The van der Waals surface area contributed by atoms with Crippen molar-refractivity contribution in [2.75, 3.05) is 0 Å². The summed E-state index contributed by atoms with van der Waals surface area (Å²) < 4.78 is 5.38. The number of hydrogen-bond acceptors (Lipinski definition) is 4. The zero-order valence-electron chi connectivity index (χ0n) is 12.1. The molecular weight excluding hydrogens is 262 g/mol. The Morgan fingerprint density at radius 1 is 1.32 bits per heavy atom. The van der Waals surface area contributed by atoms with Crippen molar-refractivity contribution in [3.63, 3.8) is 0 Å². The van der Waals surface area contributed by atoms with Crippen LogP contribution < -0.4 is 0 Å². The summed E-state index contributed by atoms with van der Waals surface area (Å²) in [6, 6.07) is 0. The van der Waals surface area contributed by atoms with Crippen LogP contribution in [0.2, 0.25) is 0 Å². The van der Waals surface area contributed by atoms with E-state index in [2.05, 4.69) is 0 Å². The molecule has 1 amide bonds. The van der Waals surface area contributed by atoms with E-state index in [4.69, 9.17) is 4.74 Å². The van der Waals surface area contributed by atoms with Crippen molar-refractivity contribution in [2.45, 2.75) is 58.9 Å². The molecule has 1 aromatic rings. The fourth-order valence-electron chi connectivity index (χ4n) is 2.15. The van der Waals surface area contributed by atoms with Crippen molar-refractivity contribution >= 4 is 17.4 Å². The summed E-state index contributed by atoms with van der Waals surface area (Å²) in [5.41, 5.74) is 0.851. The maximum absolute atomic E-state index is 12.0. The van der Waals surface area contributed by atoms with Gasteiger partial charge in [-0.25, -0.2) is 4.79 Å². The molecule has 1 aliphatic rings. The minimum atomic E-state index is -0.859. The summed E-state index contributed by atoms with van der Waals surface area (Å²) in [5, 5.41) is 12.1. The van der Waals surface area contributed by atoms with Gasteiger partial charge in [-0.05, 0) is 51.1 Å². The Hall–Kier alpha value is -1.07. The van der Waals surface area contributed by atoms with Gasteiger partial charge in [-0.15, -0.1) is 11.3 Å².